The number of aliphatic imine (C=N–C) groups is 1. The molecule has 0 saturated carbocycles. The summed E-state index contributed by atoms with van der Waals surface area (Å²) in [6.07, 6.45) is 7.05. The molecule has 0 amide bonds. The molecule has 0 fully saturated rings. The van der Waals surface area contributed by atoms with Gasteiger partial charge in [-0.2, -0.15) is 4.39 Å². The molecule has 160 valence electrons. The van der Waals surface area contributed by atoms with Gasteiger partial charge in [-0.3, -0.25) is 0 Å². The van der Waals surface area contributed by atoms with Crippen LogP contribution in [-0.4, -0.2) is 29.2 Å². The number of hydrogen-bond acceptors (Lipinski definition) is 7. The van der Waals surface area contributed by atoms with Crippen molar-refractivity contribution in [2.75, 3.05) is 13.2 Å². The summed E-state index contributed by atoms with van der Waals surface area (Å²) in [4.78, 5) is 13.0. The smallest absolute Gasteiger partial charge is 0.283 e. The van der Waals surface area contributed by atoms with Crippen LogP contribution in [0.25, 0.3) is 16.9 Å². The monoisotopic (exact) mass is 430 g/mol. The predicted octanol–water partition coefficient (Wildman–Crippen LogP) is 4.13. The molecule has 3 aliphatic rings. The van der Waals surface area contributed by atoms with Gasteiger partial charge in [-0.25, -0.2) is 15.0 Å². The molecule has 3 aromatic rings. The average Bonchev–Trinajstić information content (AvgIpc) is 3.22. The number of rotatable bonds is 2. The molecule has 1 spiro atoms. The van der Waals surface area contributed by atoms with Crippen molar-refractivity contribution in [3.63, 3.8) is 0 Å². The van der Waals surface area contributed by atoms with Crippen LogP contribution >= 0.6 is 0 Å². The second-order valence-electron chi connectivity index (χ2n) is 7.88. The molecule has 5 heterocycles. The average molecular weight is 430 g/mol. The molecule has 3 aliphatic heterocycles. The van der Waals surface area contributed by atoms with Gasteiger partial charge in [0.05, 0.1) is 12.8 Å². The van der Waals surface area contributed by atoms with Crippen molar-refractivity contribution in [2.45, 2.75) is 18.4 Å². The number of allylic oxidation sites excluding steroid dienone is 1. The molecule has 6 rings (SSSR count). The van der Waals surface area contributed by atoms with E-state index in [1.54, 1.807) is 30.5 Å². The topological polar surface area (TPSA) is 91.9 Å². The highest BCUT2D eigenvalue weighted by Crippen LogP contribution is 2.52. The Morgan fingerprint density at radius 1 is 1.03 bits per heavy atom. The van der Waals surface area contributed by atoms with E-state index in [2.05, 4.69) is 9.97 Å². The number of aromatic nitrogens is 2. The lowest BCUT2D eigenvalue weighted by Gasteiger charge is -2.34. The minimum Gasteiger partial charge on any atom is -0.492 e. The molecule has 1 atom stereocenters. The van der Waals surface area contributed by atoms with Gasteiger partial charge in [-0.15, -0.1) is 0 Å². The van der Waals surface area contributed by atoms with Crippen molar-refractivity contribution < 1.29 is 18.6 Å². The zero-order chi connectivity index (χ0) is 21.7. The Kier molecular flexibility index (Phi) is 4.14. The summed E-state index contributed by atoms with van der Waals surface area (Å²) in [7, 11) is 0. The predicted molar refractivity (Wildman–Crippen MR) is 115 cm³/mol. The van der Waals surface area contributed by atoms with Gasteiger partial charge < -0.3 is 19.9 Å². The molecule has 2 N–H and O–H groups in total. The van der Waals surface area contributed by atoms with E-state index in [-0.39, 0.29) is 12.6 Å². The summed E-state index contributed by atoms with van der Waals surface area (Å²) in [6.45, 7) is 0.855. The van der Waals surface area contributed by atoms with E-state index >= 15 is 0 Å². The van der Waals surface area contributed by atoms with Crippen LogP contribution < -0.4 is 10.5 Å². The van der Waals surface area contributed by atoms with E-state index in [9.17, 15) is 4.39 Å². The third kappa shape index (κ3) is 2.83. The Labute approximate surface area is 183 Å². The van der Waals surface area contributed by atoms with Crippen molar-refractivity contribution in [1.29, 1.82) is 0 Å². The summed E-state index contributed by atoms with van der Waals surface area (Å²) >= 11 is 0. The van der Waals surface area contributed by atoms with Crippen molar-refractivity contribution >= 4 is 11.8 Å². The fraction of sp³-hybridized carbons (Fsp3) is 0.208. The van der Waals surface area contributed by atoms with Crippen LogP contribution in [0.1, 0.15) is 29.7 Å². The van der Waals surface area contributed by atoms with E-state index in [1.165, 1.54) is 6.20 Å². The number of pyridine rings is 2. The van der Waals surface area contributed by atoms with Gasteiger partial charge in [0.15, 0.2) is 11.3 Å². The zero-order valence-corrected chi connectivity index (χ0v) is 17.0. The highest BCUT2D eigenvalue weighted by atomic mass is 19.1. The zero-order valence-electron chi connectivity index (χ0n) is 17.0. The summed E-state index contributed by atoms with van der Waals surface area (Å²) in [6, 6.07) is 10.8. The summed E-state index contributed by atoms with van der Waals surface area (Å²) in [5.41, 5.74) is 8.30. The highest BCUT2D eigenvalue weighted by Gasteiger charge is 2.47. The van der Waals surface area contributed by atoms with E-state index in [0.29, 0.717) is 34.9 Å². The summed E-state index contributed by atoms with van der Waals surface area (Å²) in [5, 5.41) is 0. The second-order valence-corrected chi connectivity index (χ2v) is 7.88. The molecule has 2 aromatic heterocycles. The van der Waals surface area contributed by atoms with E-state index in [1.807, 2.05) is 18.2 Å². The Bertz CT molecular complexity index is 1310. The van der Waals surface area contributed by atoms with Crippen LogP contribution in [0.3, 0.4) is 0 Å². The molecule has 0 aliphatic carbocycles. The van der Waals surface area contributed by atoms with Crippen LogP contribution in [-0.2, 0) is 15.0 Å². The Morgan fingerprint density at radius 2 is 1.94 bits per heavy atom. The lowest BCUT2D eigenvalue weighted by atomic mass is 9.80. The molecular formula is C24H19FN4O3. The number of ether oxygens (including phenoxy) is 3. The van der Waals surface area contributed by atoms with E-state index < -0.39 is 11.5 Å². The van der Waals surface area contributed by atoms with E-state index in [4.69, 9.17) is 24.9 Å². The third-order valence-corrected chi connectivity index (χ3v) is 5.95. The quantitative estimate of drug-likeness (QED) is 0.615. The van der Waals surface area contributed by atoms with Gasteiger partial charge in [0.25, 0.3) is 6.02 Å². The van der Waals surface area contributed by atoms with Crippen molar-refractivity contribution in [2.24, 2.45) is 10.7 Å². The number of nitrogens with zero attached hydrogens (tertiary/aromatic N) is 3. The van der Waals surface area contributed by atoms with Crippen LogP contribution in [0.4, 0.5) is 4.39 Å². The first-order valence-corrected chi connectivity index (χ1v) is 10.4. The van der Waals surface area contributed by atoms with Crippen LogP contribution in [0.2, 0.25) is 0 Å². The molecule has 1 aromatic carbocycles. The Hall–Kier alpha value is -3.94. The maximum atomic E-state index is 14.4. The lowest BCUT2D eigenvalue weighted by molar-refractivity contribution is 0.255. The van der Waals surface area contributed by atoms with Gasteiger partial charge in [0.1, 0.15) is 23.8 Å². The number of amidine groups is 1. The van der Waals surface area contributed by atoms with Crippen LogP contribution in [0, 0.1) is 5.95 Å². The Morgan fingerprint density at radius 3 is 2.72 bits per heavy atom. The lowest BCUT2D eigenvalue weighted by Crippen LogP contribution is -2.31. The molecule has 0 unspecified atom stereocenters. The fourth-order valence-corrected chi connectivity index (χ4v) is 4.40. The molecule has 0 bridgehead atoms. The van der Waals surface area contributed by atoms with Gasteiger partial charge in [-0.05, 0) is 54.8 Å². The summed E-state index contributed by atoms with van der Waals surface area (Å²) < 4.78 is 32.0. The number of fused-ring (bicyclic) bond motifs is 4. The first kappa shape index (κ1) is 18.8. The number of benzene rings is 1. The van der Waals surface area contributed by atoms with Crippen LogP contribution in [0.5, 0.6) is 11.5 Å². The summed E-state index contributed by atoms with van der Waals surface area (Å²) in [5.74, 6) is 1.36. The van der Waals surface area contributed by atoms with E-state index in [0.717, 1.165) is 29.7 Å². The fourth-order valence-electron chi connectivity index (χ4n) is 4.40. The normalized spacial score (nSPS) is 20.9. The first-order chi connectivity index (χ1) is 15.6. The van der Waals surface area contributed by atoms with Gasteiger partial charge in [0, 0.05) is 22.9 Å². The first-order valence-electron chi connectivity index (χ1n) is 10.4. The number of hydrogen-bond donors (Lipinski definition) is 1. The maximum absolute atomic E-state index is 14.4. The maximum Gasteiger partial charge on any atom is 0.283 e. The third-order valence-electron chi connectivity index (χ3n) is 5.95. The molecule has 32 heavy (non-hydrogen) atoms. The van der Waals surface area contributed by atoms with Crippen LogP contribution in [0.15, 0.2) is 59.9 Å². The molecule has 7 nitrogen and oxygen atoms in total. The minimum absolute atomic E-state index is 0.0910. The second kappa shape index (κ2) is 7.05. The Balaban J connectivity index is 1.54. The molecule has 0 radical (unpaired) electrons. The van der Waals surface area contributed by atoms with Crippen molar-refractivity contribution in [3.05, 3.63) is 77.6 Å². The standard InChI is InChI=1S/C24H19FN4O3/c25-22-15(4-3-8-27-22)14-6-7-19-16(10-14)24(13-31-23(26)29-24)17-11-18(28-12-21(17)32-19)20-5-1-2-9-30-20/h3-8,10-12H,1-2,9,13H2,(H2,26,29)/t24-/m0/s1. The number of halogens is 1. The molecule has 0 saturated heterocycles. The molecule has 8 heteroatoms. The SMILES string of the molecule is NC1=N[C@@]2(CO1)c1cc(-c3cccnc3F)ccc1Oc1cnc(C3=CCCCO3)cc12. The molecular weight excluding hydrogens is 411 g/mol. The van der Waals surface area contributed by atoms with Gasteiger partial charge in [0.2, 0.25) is 5.95 Å². The van der Waals surface area contributed by atoms with Crippen molar-refractivity contribution in [3.8, 4) is 22.6 Å². The number of nitrogens with two attached hydrogens (primary N) is 1. The minimum atomic E-state index is -0.936. The van der Waals surface area contributed by atoms with Gasteiger partial charge in [-0.1, -0.05) is 6.07 Å². The largest absolute Gasteiger partial charge is 0.492 e. The highest BCUT2D eigenvalue weighted by molar-refractivity contribution is 5.78. The van der Waals surface area contributed by atoms with Gasteiger partial charge >= 0.3 is 0 Å². The van der Waals surface area contributed by atoms with Crippen molar-refractivity contribution in [1.82, 2.24) is 9.97 Å².